The maximum atomic E-state index is 12.9. The van der Waals surface area contributed by atoms with E-state index in [-0.39, 0.29) is 28.3 Å². The molecule has 6 nitrogen and oxygen atoms in total. The summed E-state index contributed by atoms with van der Waals surface area (Å²) in [6.45, 7) is 0.549. The van der Waals surface area contributed by atoms with Gasteiger partial charge in [-0.05, 0) is 43.2 Å². The lowest BCUT2D eigenvalue weighted by atomic mass is 10.2. The largest absolute Gasteiger partial charge is 0.417 e. The average molecular weight is 387 g/mol. The Kier molecular flexibility index (Phi) is 5.28. The maximum absolute atomic E-state index is 12.9. The van der Waals surface area contributed by atoms with Crippen molar-refractivity contribution in [2.45, 2.75) is 25.1 Å². The summed E-state index contributed by atoms with van der Waals surface area (Å²) in [5, 5.41) is 12.6. The minimum Gasteiger partial charge on any atom is -0.368 e. The Labute approximate surface area is 151 Å². The molecule has 1 atom stereocenters. The summed E-state index contributed by atoms with van der Waals surface area (Å²) < 4.78 is 43.9. The Morgan fingerprint density at radius 3 is 2.54 bits per heavy atom. The van der Waals surface area contributed by atoms with Gasteiger partial charge in [0.15, 0.2) is 11.6 Å². The lowest BCUT2D eigenvalue weighted by Gasteiger charge is -2.12. The molecular weight excluding hydrogens is 373 g/mol. The van der Waals surface area contributed by atoms with Gasteiger partial charge in [-0.3, -0.25) is 4.79 Å². The summed E-state index contributed by atoms with van der Waals surface area (Å²) in [5.41, 5.74) is -0.787. The number of amides is 1. The monoisotopic (exact) mass is 386 g/mol. The molecule has 0 bridgehead atoms. The van der Waals surface area contributed by atoms with Gasteiger partial charge in [0.25, 0.3) is 5.91 Å². The molecule has 0 saturated carbocycles. The van der Waals surface area contributed by atoms with Crippen LogP contribution in [0.4, 0.5) is 30.5 Å². The Balaban J connectivity index is 1.67. The summed E-state index contributed by atoms with van der Waals surface area (Å²) in [5.74, 6) is 0.142. The van der Waals surface area contributed by atoms with Crippen LogP contribution >= 0.6 is 11.6 Å². The van der Waals surface area contributed by atoms with Crippen molar-refractivity contribution in [1.82, 2.24) is 10.2 Å². The number of rotatable bonds is 4. The molecular formula is C16H14ClF3N4O2. The molecule has 1 aromatic carbocycles. The van der Waals surface area contributed by atoms with Crippen molar-refractivity contribution in [3.8, 4) is 0 Å². The molecule has 0 spiro atoms. The molecule has 1 saturated heterocycles. The van der Waals surface area contributed by atoms with E-state index in [0.717, 1.165) is 18.6 Å². The highest BCUT2D eigenvalue weighted by Gasteiger charge is 2.33. The normalized spacial score (nSPS) is 17.2. The van der Waals surface area contributed by atoms with Crippen molar-refractivity contribution in [2.24, 2.45) is 0 Å². The molecule has 0 aliphatic carbocycles. The van der Waals surface area contributed by atoms with E-state index in [9.17, 15) is 18.0 Å². The fraction of sp³-hybridized carbons (Fsp3) is 0.312. The Morgan fingerprint density at radius 2 is 1.92 bits per heavy atom. The van der Waals surface area contributed by atoms with E-state index in [1.165, 1.54) is 18.2 Å². The first-order valence-electron chi connectivity index (χ1n) is 7.73. The van der Waals surface area contributed by atoms with E-state index in [4.69, 9.17) is 16.3 Å². The average Bonchev–Trinajstić information content (AvgIpc) is 3.12. The maximum Gasteiger partial charge on any atom is 0.417 e. The summed E-state index contributed by atoms with van der Waals surface area (Å²) in [4.78, 5) is 11.9. The molecule has 1 aliphatic heterocycles. The number of hydrogen-bond acceptors (Lipinski definition) is 5. The fourth-order valence-electron chi connectivity index (χ4n) is 2.42. The van der Waals surface area contributed by atoms with E-state index >= 15 is 0 Å². The first-order chi connectivity index (χ1) is 12.3. The van der Waals surface area contributed by atoms with Crippen molar-refractivity contribution in [2.75, 3.05) is 17.2 Å². The third kappa shape index (κ3) is 4.41. The van der Waals surface area contributed by atoms with Crippen LogP contribution < -0.4 is 10.6 Å². The summed E-state index contributed by atoms with van der Waals surface area (Å²) >= 11 is 5.58. The lowest BCUT2D eigenvalue weighted by Crippen LogP contribution is -2.27. The summed E-state index contributed by atoms with van der Waals surface area (Å²) in [7, 11) is 0. The van der Waals surface area contributed by atoms with Crippen LogP contribution in [-0.4, -0.2) is 28.8 Å². The number of benzene rings is 1. The molecule has 0 radical (unpaired) electrons. The summed E-state index contributed by atoms with van der Waals surface area (Å²) in [6.07, 6.45) is -3.58. The van der Waals surface area contributed by atoms with Gasteiger partial charge >= 0.3 is 6.18 Å². The van der Waals surface area contributed by atoms with E-state index in [1.807, 2.05) is 0 Å². The second-order valence-electron chi connectivity index (χ2n) is 5.61. The van der Waals surface area contributed by atoms with Gasteiger partial charge in [-0.1, -0.05) is 11.6 Å². The van der Waals surface area contributed by atoms with Gasteiger partial charge in [0.2, 0.25) is 0 Å². The van der Waals surface area contributed by atoms with Gasteiger partial charge in [-0.15, -0.1) is 10.2 Å². The molecule has 1 fully saturated rings. The summed E-state index contributed by atoms with van der Waals surface area (Å²) in [6, 6.07) is 6.41. The number of halogens is 4. The number of aromatic nitrogens is 2. The number of nitrogens with one attached hydrogen (secondary N) is 2. The Bertz CT molecular complexity index is 793. The topological polar surface area (TPSA) is 76.1 Å². The first-order valence-corrected chi connectivity index (χ1v) is 8.11. The Hall–Kier alpha value is -2.39. The highest BCUT2D eigenvalue weighted by Crippen LogP contribution is 2.36. The van der Waals surface area contributed by atoms with Crippen molar-refractivity contribution < 1.29 is 22.7 Å². The highest BCUT2D eigenvalue weighted by atomic mass is 35.5. The second-order valence-corrected chi connectivity index (χ2v) is 6.02. The van der Waals surface area contributed by atoms with Gasteiger partial charge in [0.05, 0.1) is 10.6 Å². The standard InChI is InChI=1S/C16H14ClF3N4O2/c17-11-4-3-9(8-10(11)16(18,19)20)21-13-5-6-14(24-23-13)22-15(25)12-2-1-7-26-12/h3-6,8,12H,1-2,7H2,(H,21,23)(H,22,24,25). The van der Waals surface area contributed by atoms with Crippen LogP contribution in [0, 0.1) is 0 Å². The zero-order chi connectivity index (χ0) is 18.7. The van der Waals surface area contributed by atoms with Crippen LogP contribution in [0.5, 0.6) is 0 Å². The SMILES string of the molecule is O=C(Nc1ccc(Nc2ccc(Cl)c(C(F)(F)F)c2)nn1)C1CCCO1. The van der Waals surface area contributed by atoms with Crippen LogP contribution in [-0.2, 0) is 15.7 Å². The van der Waals surface area contributed by atoms with Gasteiger partial charge in [-0.2, -0.15) is 13.2 Å². The van der Waals surface area contributed by atoms with E-state index in [2.05, 4.69) is 20.8 Å². The third-order valence-electron chi connectivity index (χ3n) is 3.68. The molecule has 10 heteroatoms. The second kappa shape index (κ2) is 7.46. The van der Waals surface area contributed by atoms with E-state index < -0.39 is 17.8 Å². The van der Waals surface area contributed by atoms with Crippen LogP contribution in [0.1, 0.15) is 18.4 Å². The molecule has 1 unspecified atom stereocenters. The van der Waals surface area contributed by atoms with Crippen molar-refractivity contribution in [3.63, 3.8) is 0 Å². The molecule has 26 heavy (non-hydrogen) atoms. The molecule has 2 heterocycles. The molecule has 2 aromatic rings. The van der Waals surface area contributed by atoms with E-state index in [1.54, 1.807) is 0 Å². The number of carbonyl (C=O) groups excluding carboxylic acids is 1. The molecule has 2 N–H and O–H groups in total. The zero-order valence-corrected chi connectivity index (χ0v) is 14.1. The van der Waals surface area contributed by atoms with Crippen LogP contribution in [0.15, 0.2) is 30.3 Å². The fourth-order valence-corrected chi connectivity index (χ4v) is 2.65. The lowest BCUT2D eigenvalue weighted by molar-refractivity contribution is -0.137. The van der Waals surface area contributed by atoms with Crippen LogP contribution in [0.3, 0.4) is 0 Å². The van der Waals surface area contributed by atoms with Crippen molar-refractivity contribution in [3.05, 3.63) is 40.9 Å². The first kappa shape index (κ1) is 18.4. The van der Waals surface area contributed by atoms with Crippen LogP contribution in [0.2, 0.25) is 5.02 Å². The predicted octanol–water partition coefficient (Wildman–Crippen LogP) is 4.01. The molecule has 1 aliphatic rings. The third-order valence-corrected chi connectivity index (χ3v) is 4.01. The van der Waals surface area contributed by atoms with Gasteiger partial charge < -0.3 is 15.4 Å². The smallest absolute Gasteiger partial charge is 0.368 e. The van der Waals surface area contributed by atoms with Gasteiger partial charge in [-0.25, -0.2) is 0 Å². The molecule has 138 valence electrons. The number of ether oxygens (including phenoxy) is 1. The number of nitrogens with zero attached hydrogens (tertiary/aromatic N) is 2. The van der Waals surface area contributed by atoms with Crippen molar-refractivity contribution in [1.29, 1.82) is 0 Å². The highest BCUT2D eigenvalue weighted by molar-refractivity contribution is 6.31. The molecule has 1 amide bonds. The minimum absolute atomic E-state index is 0.159. The number of alkyl halides is 3. The minimum atomic E-state index is -4.56. The zero-order valence-electron chi connectivity index (χ0n) is 13.3. The predicted molar refractivity (Wildman–Crippen MR) is 89.4 cm³/mol. The molecule has 3 rings (SSSR count). The Morgan fingerprint density at radius 1 is 1.19 bits per heavy atom. The van der Waals surface area contributed by atoms with Gasteiger partial charge in [0, 0.05) is 12.3 Å². The number of hydrogen-bond donors (Lipinski definition) is 2. The number of anilines is 3. The van der Waals surface area contributed by atoms with Gasteiger partial charge in [0.1, 0.15) is 6.10 Å². The van der Waals surface area contributed by atoms with Crippen LogP contribution in [0.25, 0.3) is 0 Å². The number of carbonyl (C=O) groups is 1. The molecule has 1 aromatic heterocycles. The van der Waals surface area contributed by atoms with E-state index in [0.29, 0.717) is 13.0 Å². The van der Waals surface area contributed by atoms with Crippen molar-refractivity contribution >= 4 is 34.8 Å². The quantitative estimate of drug-likeness (QED) is 0.830.